The third-order valence-electron chi connectivity index (χ3n) is 4.68. The third kappa shape index (κ3) is 4.22. The van der Waals surface area contributed by atoms with Crippen LogP contribution in [0.4, 0.5) is 0 Å². The summed E-state index contributed by atoms with van der Waals surface area (Å²) in [4.78, 5) is 16.5. The number of hydrogen-bond donors (Lipinski definition) is 1. The van der Waals surface area contributed by atoms with Crippen LogP contribution < -0.4 is 0 Å². The van der Waals surface area contributed by atoms with Crippen LogP contribution in [0.5, 0.6) is 0 Å². The summed E-state index contributed by atoms with van der Waals surface area (Å²) >= 11 is 1.52. The van der Waals surface area contributed by atoms with Crippen molar-refractivity contribution in [1.82, 2.24) is 4.98 Å². The fourth-order valence-electron chi connectivity index (χ4n) is 3.07. The lowest BCUT2D eigenvalue weighted by Crippen LogP contribution is -2.28. The van der Waals surface area contributed by atoms with Gasteiger partial charge in [-0.15, -0.1) is 11.8 Å². The van der Waals surface area contributed by atoms with Crippen molar-refractivity contribution in [3.05, 3.63) is 54.1 Å². The van der Waals surface area contributed by atoms with Gasteiger partial charge >= 0.3 is 5.97 Å². The van der Waals surface area contributed by atoms with Crippen molar-refractivity contribution in [3.8, 4) is 11.3 Å². The lowest BCUT2D eigenvalue weighted by atomic mass is 9.86. The van der Waals surface area contributed by atoms with E-state index < -0.39 is 4.75 Å². The molecule has 0 saturated heterocycles. The molecule has 142 valence electrons. The van der Waals surface area contributed by atoms with Gasteiger partial charge in [-0.1, -0.05) is 39.0 Å². The van der Waals surface area contributed by atoms with E-state index >= 15 is 0 Å². The van der Waals surface area contributed by atoms with E-state index in [0.29, 0.717) is 0 Å². The van der Waals surface area contributed by atoms with Crippen LogP contribution in [0, 0.1) is 0 Å². The standard InChI is InChI=1S/C23H27NO2S/c1-22(2,3)17-9-7-8-15(12-17)20-14-16-13-18(10-11-19(16)24-20)27-23(4,5)21(25)26-6/h7-14,24H,1-6H3. The molecule has 27 heavy (non-hydrogen) atoms. The number of methoxy groups -OCH3 is 1. The molecule has 1 heterocycles. The molecule has 0 aliphatic rings. The molecule has 3 nitrogen and oxygen atoms in total. The number of fused-ring (bicyclic) bond motifs is 1. The average molecular weight is 382 g/mol. The predicted molar refractivity (Wildman–Crippen MR) is 114 cm³/mol. The minimum Gasteiger partial charge on any atom is -0.468 e. The van der Waals surface area contributed by atoms with Gasteiger partial charge in [0.2, 0.25) is 0 Å². The minimum atomic E-state index is -0.622. The van der Waals surface area contributed by atoms with Crippen molar-refractivity contribution in [2.45, 2.75) is 49.7 Å². The number of aromatic amines is 1. The lowest BCUT2D eigenvalue weighted by molar-refractivity contribution is -0.142. The summed E-state index contributed by atoms with van der Waals surface area (Å²) in [5, 5.41) is 1.14. The predicted octanol–water partition coefficient (Wildman–Crippen LogP) is 6.18. The minimum absolute atomic E-state index is 0.116. The molecular weight excluding hydrogens is 354 g/mol. The highest BCUT2D eigenvalue weighted by atomic mass is 32.2. The van der Waals surface area contributed by atoms with E-state index in [0.717, 1.165) is 21.5 Å². The zero-order valence-electron chi connectivity index (χ0n) is 16.8. The van der Waals surface area contributed by atoms with Gasteiger partial charge in [0.1, 0.15) is 4.75 Å². The Hall–Kier alpha value is -2.20. The van der Waals surface area contributed by atoms with Crippen molar-refractivity contribution in [3.63, 3.8) is 0 Å². The van der Waals surface area contributed by atoms with Crippen molar-refractivity contribution in [1.29, 1.82) is 0 Å². The number of H-pyrrole nitrogens is 1. The fraction of sp³-hybridized carbons (Fsp3) is 0.348. The van der Waals surface area contributed by atoms with Crippen molar-refractivity contribution in [2.75, 3.05) is 7.11 Å². The van der Waals surface area contributed by atoms with E-state index in [1.54, 1.807) is 0 Å². The number of nitrogens with one attached hydrogen (secondary N) is 1. The van der Waals surface area contributed by atoms with E-state index in [2.05, 4.69) is 68.2 Å². The highest BCUT2D eigenvalue weighted by molar-refractivity contribution is 8.01. The van der Waals surface area contributed by atoms with Crippen LogP contribution in [0.1, 0.15) is 40.2 Å². The molecule has 0 atom stereocenters. The first-order valence-corrected chi connectivity index (χ1v) is 9.93. The van der Waals surface area contributed by atoms with Crippen LogP contribution >= 0.6 is 11.8 Å². The Morgan fingerprint density at radius 2 is 1.74 bits per heavy atom. The van der Waals surface area contributed by atoms with Gasteiger partial charge in [-0.25, -0.2) is 0 Å². The van der Waals surface area contributed by atoms with Gasteiger partial charge in [0, 0.05) is 21.5 Å². The summed E-state index contributed by atoms with van der Waals surface area (Å²) in [6, 6.07) is 17.1. The number of aromatic nitrogens is 1. The van der Waals surface area contributed by atoms with Gasteiger partial charge in [0.15, 0.2) is 0 Å². The molecule has 0 saturated carbocycles. The third-order valence-corrected chi connectivity index (χ3v) is 5.85. The van der Waals surface area contributed by atoms with Gasteiger partial charge in [-0.05, 0) is 60.7 Å². The Balaban J connectivity index is 1.94. The van der Waals surface area contributed by atoms with Crippen molar-refractivity contribution in [2.24, 2.45) is 0 Å². The molecule has 0 fully saturated rings. The quantitative estimate of drug-likeness (QED) is 0.434. The number of carbonyl (C=O) groups is 1. The molecule has 0 amide bonds. The van der Waals surface area contributed by atoms with Crippen molar-refractivity contribution >= 4 is 28.6 Å². The maximum Gasteiger partial charge on any atom is 0.321 e. The Labute approximate surface area is 165 Å². The van der Waals surface area contributed by atoms with Crippen LogP contribution in [-0.4, -0.2) is 22.8 Å². The molecule has 2 aromatic carbocycles. The topological polar surface area (TPSA) is 42.1 Å². The zero-order valence-corrected chi connectivity index (χ0v) is 17.7. The normalized spacial score (nSPS) is 12.4. The maximum atomic E-state index is 12.0. The van der Waals surface area contributed by atoms with E-state index in [1.807, 2.05) is 19.9 Å². The number of esters is 1. The van der Waals surface area contributed by atoms with Gasteiger partial charge in [0.05, 0.1) is 7.11 Å². The molecular formula is C23H27NO2S. The molecule has 0 bridgehead atoms. The molecule has 4 heteroatoms. The number of ether oxygens (including phenoxy) is 1. The molecule has 0 radical (unpaired) electrons. The SMILES string of the molecule is COC(=O)C(C)(C)Sc1ccc2[nH]c(-c3cccc(C(C)(C)C)c3)cc2c1. The van der Waals surface area contributed by atoms with E-state index in [9.17, 15) is 4.79 Å². The van der Waals surface area contributed by atoms with Crippen LogP contribution in [0.25, 0.3) is 22.2 Å². The molecule has 3 rings (SSSR count). The van der Waals surface area contributed by atoms with Gasteiger partial charge in [-0.3, -0.25) is 4.79 Å². The number of hydrogen-bond acceptors (Lipinski definition) is 3. The van der Waals surface area contributed by atoms with Gasteiger partial charge in [-0.2, -0.15) is 0 Å². The molecule has 0 spiro atoms. The molecule has 0 unspecified atom stereocenters. The second kappa shape index (κ2) is 7.08. The van der Waals surface area contributed by atoms with E-state index in [1.165, 1.54) is 30.0 Å². The molecule has 0 aliphatic carbocycles. The molecule has 0 aliphatic heterocycles. The molecule has 1 N–H and O–H groups in total. The second-order valence-electron chi connectivity index (χ2n) is 8.37. The van der Waals surface area contributed by atoms with E-state index in [4.69, 9.17) is 4.74 Å². The maximum absolute atomic E-state index is 12.0. The fourth-order valence-corrected chi connectivity index (χ4v) is 4.14. The number of thioether (sulfide) groups is 1. The lowest BCUT2D eigenvalue weighted by Gasteiger charge is -2.20. The smallest absolute Gasteiger partial charge is 0.321 e. The number of carbonyl (C=O) groups excluding carboxylic acids is 1. The van der Waals surface area contributed by atoms with Crippen LogP contribution in [0.2, 0.25) is 0 Å². The summed E-state index contributed by atoms with van der Waals surface area (Å²) in [5.74, 6) is -0.221. The number of rotatable bonds is 4. The highest BCUT2D eigenvalue weighted by Crippen LogP contribution is 2.36. The van der Waals surface area contributed by atoms with Gasteiger partial charge < -0.3 is 9.72 Å². The second-order valence-corrected chi connectivity index (χ2v) is 10.1. The summed E-state index contributed by atoms with van der Waals surface area (Å²) in [6.07, 6.45) is 0. The Morgan fingerprint density at radius 1 is 1.00 bits per heavy atom. The van der Waals surface area contributed by atoms with E-state index in [-0.39, 0.29) is 11.4 Å². The van der Waals surface area contributed by atoms with Crippen LogP contribution in [0.15, 0.2) is 53.4 Å². The van der Waals surface area contributed by atoms with Crippen molar-refractivity contribution < 1.29 is 9.53 Å². The number of benzene rings is 2. The molecule has 1 aromatic heterocycles. The zero-order chi connectivity index (χ0) is 19.8. The average Bonchev–Trinajstić information content (AvgIpc) is 3.03. The first kappa shape index (κ1) is 19.6. The largest absolute Gasteiger partial charge is 0.468 e. The highest BCUT2D eigenvalue weighted by Gasteiger charge is 2.30. The van der Waals surface area contributed by atoms with Gasteiger partial charge in [0.25, 0.3) is 0 Å². The first-order chi connectivity index (χ1) is 12.6. The summed E-state index contributed by atoms with van der Waals surface area (Å²) < 4.78 is 4.29. The summed E-state index contributed by atoms with van der Waals surface area (Å²) in [6.45, 7) is 10.4. The molecule has 3 aromatic rings. The Bertz CT molecular complexity index is 979. The van der Waals surface area contributed by atoms with Crippen LogP contribution in [0.3, 0.4) is 0 Å². The monoisotopic (exact) mass is 381 g/mol. The summed E-state index contributed by atoms with van der Waals surface area (Å²) in [5.41, 5.74) is 4.81. The Kier molecular flexibility index (Phi) is 5.13. The Morgan fingerprint density at radius 3 is 2.41 bits per heavy atom. The first-order valence-electron chi connectivity index (χ1n) is 9.11. The summed E-state index contributed by atoms with van der Waals surface area (Å²) in [7, 11) is 1.43. The van der Waals surface area contributed by atoms with Crippen LogP contribution in [-0.2, 0) is 14.9 Å².